The van der Waals surface area contributed by atoms with Crippen LogP contribution in [-0.4, -0.2) is 50.0 Å². The molecule has 7 nitrogen and oxygen atoms in total. The number of rotatable bonds is 4. The molecule has 0 unspecified atom stereocenters. The highest BCUT2D eigenvalue weighted by Crippen LogP contribution is 2.21. The Morgan fingerprint density at radius 3 is 2.76 bits per heavy atom. The van der Waals surface area contributed by atoms with Crippen LogP contribution < -0.4 is 10.5 Å². The third kappa shape index (κ3) is 3.42. The number of imidazole rings is 1. The average molecular weight is 409 g/mol. The van der Waals surface area contributed by atoms with Gasteiger partial charge in [-0.2, -0.15) is 0 Å². The summed E-state index contributed by atoms with van der Waals surface area (Å²) in [5, 5.41) is 2.74. The minimum absolute atomic E-state index is 0.0290. The summed E-state index contributed by atoms with van der Waals surface area (Å²) in [6, 6.07) is 6.12. The molecule has 0 saturated carbocycles. The summed E-state index contributed by atoms with van der Waals surface area (Å²) in [6.45, 7) is 8.77. The molecule has 3 aromatic heterocycles. The fourth-order valence-electron chi connectivity index (χ4n) is 3.93. The van der Waals surface area contributed by atoms with E-state index >= 15 is 0 Å². The minimum atomic E-state index is 0.0290. The van der Waals surface area contributed by atoms with Crippen LogP contribution in [0.2, 0.25) is 0 Å². The molecule has 0 radical (unpaired) electrons. The van der Waals surface area contributed by atoms with Crippen molar-refractivity contribution in [2.24, 2.45) is 0 Å². The first kappa shape index (κ1) is 18.3. The number of hydrogen-bond donors (Lipinski definition) is 0. The predicted molar refractivity (Wildman–Crippen MR) is 117 cm³/mol. The Balaban J connectivity index is 1.28. The molecule has 1 aliphatic heterocycles. The lowest BCUT2D eigenvalue weighted by Gasteiger charge is -2.35. The second-order valence-corrected chi connectivity index (χ2v) is 8.71. The van der Waals surface area contributed by atoms with E-state index in [-0.39, 0.29) is 11.6 Å². The van der Waals surface area contributed by atoms with Crippen LogP contribution in [0.25, 0.3) is 15.9 Å². The standard InChI is InChI=1S/C21H24N6OS/c1-15(2)27-14-22-19-11-17(3-4-18(19)20(27)28)25-7-5-24(6-8-25)12-16-13-26-9-10-29-21(26)23-16/h3-4,9-11,13-15H,5-8,12H2,1-2H3. The highest BCUT2D eigenvalue weighted by molar-refractivity contribution is 7.15. The van der Waals surface area contributed by atoms with Crippen LogP contribution in [-0.2, 0) is 6.54 Å². The zero-order valence-corrected chi connectivity index (χ0v) is 17.5. The third-order valence-electron chi connectivity index (χ3n) is 5.59. The molecule has 150 valence electrons. The first-order valence-corrected chi connectivity index (χ1v) is 10.9. The van der Waals surface area contributed by atoms with Gasteiger partial charge in [0, 0.05) is 62.2 Å². The third-order valence-corrected chi connectivity index (χ3v) is 6.36. The summed E-state index contributed by atoms with van der Waals surface area (Å²) in [7, 11) is 0. The molecule has 1 aliphatic rings. The highest BCUT2D eigenvalue weighted by atomic mass is 32.1. The summed E-state index contributed by atoms with van der Waals surface area (Å²) >= 11 is 1.67. The van der Waals surface area contributed by atoms with E-state index in [2.05, 4.69) is 43.0 Å². The fraction of sp³-hybridized carbons (Fsp3) is 0.381. The lowest BCUT2D eigenvalue weighted by Crippen LogP contribution is -2.46. The fourth-order valence-corrected chi connectivity index (χ4v) is 4.65. The monoisotopic (exact) mass is 408 g/mol. The Morgan fingerprint density at radius 1 is 1.17 bits per heavy atom. The Bertz CT molecular complexity index is 1190. The first-order chi connectivity index (χ1) is 14.1. The second-order valence-electron chi connectivity index (χ2n) is 7.84. The zero-order chi connectivity index (χ0) is 20.0. The molecule has 4 heterocycles. The molecule has 1 aromatic carbocycles. The highest BCUT2D eigenvalue weighted by Gasteiger charge is 2.19. The molecule has 1 saturated heterocycles. The Kier molecular flexibility index (Phi) is 4.60. The van der Waals surface area contributed by atoms with Crippen LogP contribution >= 0.6 is 11.3 Å². The van der Waals surface area contributed by atoms with Gasteiger partial charge in [-0.05, 0) is 32.0 Å². The van der Waals surface area contributed by atoms with Crippen LogP contribution in [0.4, 0.5) is 5.69 Å². The average Bonchev–Trinajstić information content (AvgIpc) is 3.30. The molecule has 0 bridgehead atoms. The summed E-state index contributed by atoms with van der Waals surface area (Å²) in [4.78, 5) is 27.7. The van der Waals surface area contributed by atoms with Crippen molar-refractivity contribution in [3.05, 3.63) is 58.3 Å². The van der Waals surface area contributed by atoms with Crippen LogP contribution in [0.15, 0.2) is 47.1 Å². The molecule has 0 aliphatic carbocycles. The van der Waals surface area contributed by atoms with E-state index in [9.17, 15) is 4.79 Å². The molecule has 0 N–H and O–H groups in total. The molecule has 0 spiro atoms. The quantitative estimate of drug-likeness (QED) is 0.520. The molecular formula is C21H24N6OS. The SMILES string of the molecule is CC(C)n1cnc2cc(N3CCN(Cc4cn5ccsc5n4)CC3)ccc2c1=O. The van der Waals surface area contributed by atoms with Crippen molar-refractivity contribution >= 4 is 32.9 Å². The van der Waals surface area contributed by atoms with Gasteiger partial charge in [-0.25, -0.2) is 9.97 Å². The van der Waals surface area contributed by atoms with Gasteiger partial charge in [0.25, 0.3) is 5.56 Å². The van der Waals surface area contributed by atoms with Gasteiger partial charge in [-0.15, -0.1) is 11.3 Å². The van der Waals surface area contributed by atoms with Gasteiger partial charge in [-0.1, -0.05) is 0 Å². The lowest BCUT2D eigenvalue weighted by atomic mass is 10.2. The predicted octanol–water partition coefficient (Wildman–Crippen LogP) is 3.01. The Hall–Kier alpha value is -2.71. The van der Waals surface area contributed by atoms with Crippen LogP contribution in [0.3, 0.4) is 0 Å². The van der Waals surface area contributed by atoms with E-state index in [1.165, 1.54) is 0 Å². The van der Waals surface area contributed by atoms with Gasteiger partial charge in [-0.3, -0.25) is 18.7 Å². The summed E-state index contributed by atoms with van der Waals surface area (Å²) in [6.07, 6.45) is 5.84. The first-order valence-electron chi connectivity index (χ1n) is 9.98. The number of piperazine rings is 1. The van der Waals surface area contributed by atoms with Crippen molar-refractivity contribution in [3.8, 4) is 0 Å². The smallest absolute Gasteiger partial charge is 0.261 e. The maximum Gasteiger partial charge on any atom is 0.261 e. The molecule has 0 atom stereocenters. The molecular weight excluding hydrogens is 384 g/mol. The Labute approximate surface area is 172 Å². The van der Waals surface area contributed by atoms with E-state index in [1.807, 2.05) is 26.0 Å². The van der Waals surface area contributed by atoms with Crippen molar-refractivity contribution in [2.45, 2.75) is 26.4 Å². The molecule has 29 heavy (non-hydrogen) atoms. The van der Waals surface area contributed by atoms with E-state index in [0.717, 1.165) is 54.6 Å². The maximum absolute atomic E-state index is 12.6. The van der Waals surface area contributed by atoms with Crippen LogP contribution in [0, 0.1) is 0 Å². The van der Waals surface area contributed by atoms with Crippen molar-refractivity contribution in [2.75, 3.05) is 31.1 Å². The Morgan fingerprint density at radius 2 is 2.00 bits per heavy atom. The number of fused-ring (bicyclic) bond motifs is 2. The van der Waals surface area contributed by atoms with E-state index in [1.54, 1.807) is 22.2 Å². The van der Waals surface area contributed by atoms with Gasteiger partial charge in [0.05, 0.1) is 22.9 Å². The number of benzene rings is 1. The maximum atomic E-state index is 12.6. The van der Waals surface area contributed by atoms with Gasteiger partial charge >= 0.3 is 0 Å². The number of anilines is 1. The lowest BCUT2D eigenvalue weighted by molar-refractivity contribution is 0.247. The summed E-state index contributed by atoms with van der Waals surface area (Å²) in [5.41, 5.74) is 3.06. The van der Waals surface area contributed by atoms with E-state index in [4.69, 9.17) is 4.98 Å². The molecule has 1 fully saturated rings. The molecule has 0 amide bonds. The summed E-state index contributed by atoms with van der Waals surface area (Å²) in [5.74, 6) is 0. The number of hydrogen-bond acceptors (Lipinski definition) is 6. The molecule has 8 heteroatoms. The normalized spacial score (nSPS) is 15.8. The van der Waals surface area contributed by atoms with Crippen molar-refractivity contribution in [1.29, 1.82) is 0 Å². The van der Waals surface area contributed by atoms with Gasteiger partial charge in [0.2, 0.25) is 0 Å². The topological polar surface area (TPSA) is 58.7 Å². The van der Waals surface area contributed by atoms with Crippen molar-refractivity contribution < 1.29 is 0 Å². The molecule has 4 aromatic rings. The number of nitrogens with zero attached hydrogens (tertiary/aromatic N) is 6. The van der Waals surface area contributed by atoms with Crippen molar-refractivity contribution in [3.63, 3.8) is 0 Å². The number of aromatic nitrogens is 4. The summed E-state index contributed by atoms with van der Waals surface area (Å²) < 4.78 is 3.77. The van der Waals surface area contributed by atoms with E-state index in [0.29, 0.717) is 5.39 Å². The van der Waals surface area contributed by atoms with Crippen LogP contribution in [0.5, 0.6) is 0 Å². The van der Waals surface area contributed by atoms with Crippen LogP contribution in [0.1, 0.15) is 25.6 Å². The van der Waals surface area contributed by atoms with Crippen molar-refractivity contribution in [1.82, 2.24) is 23.8 Å². The molecule has 5 rings (SSSR count). The zero-order valence-electron chi connectivity index (χ0n) is 16.7. The second kappa shape index (κ2) is 7.27. The largest absolute Gasteiger partial charge is 0.369 e. The van der Waals surface area contributed by atoms with Gasteiger partial charge in [0.15, 0.2) is 4.96 Å². The van der Waals surface area contributed by atoms with Gasteiger partial charge in [0.1, 0.15) is 0 Å². The van der Waals surface area contributed by atoms with Gasteiger partial charge < -0.3 is 4.90 Å². The minimum Gasteiger partial charge on any atom is -0.369 e. The number of thiazole rings is 1. The van der Waals surface area contributed by atoms with E-state index < -0.39 is 0 Å².